The summed E-state index contributed by atoms with van der Waals surface area (Å²) in [6.07, 6.45) is 21.6. The fourth-order valence-electron chi connectivity index (χ4n) is 22.4. The number of aliphatic hydroxyl groups excluding tert-OH is 8. The molecule has 0 unspecified atom stereocenters. The van der Waals surface area contributed by atoms with Crippen LogP contribution in [0.1, 0.15) is 143 Å². The molecular weight excluding hydrogens is 1970 g/mol. The lowest BCUT2D eigenvalue weighted by Crippen LogP contribution is -2.36. The molecule has 6 aliphatic carbocycles. The molecule has 4 saturated carbocycles. The van der Waals surface area contributed by atoms with Gasteiger partial charge in [0.2, 0.25) is 0 Å². The van der Waals surface area contributed by atoms with E-state index in [1.807, 2.05) is 143 Å². The standard InChI is InChI=1S/2C25H24BrN5O2.2C24H24BrN5O2S/c2*1-13-17-5-7-31(24(17)29-12-28-13)20-11-25(22(33)21(20)32)6-4-16(10-25)14-2-3-15-8-18(26)23(27)30-19(15)9-14;2*1-12-15-4-5-30(23(15)28-11-27-12)18-8-24(21(32)20(18)31)9-19(33-10-24)14-3-2-13-6-16(25)22(26)29-17(13)7-14/h2*2-9,12,16,20-22,32-33H,10-11H2,1H3,(H2,27,30);2*2-7,11,18-21,31-32H,8-10H2,1H3,(H2,26,29)/t16-,20+,21-,22-,25-;16-,20-,21+,22+,25+;18-,19+,20+,21+,24-;18-,19-,20+,21+,24-/m0111/s1. The molecule has 28 nitrogen and oxygen atoms in total. The van der Waals surface area contributed by atoms with E-state index in [1.165, 1.54) is 11.1 Å². The summed E-state index contributed by atoms with van der Waals surface area (Å²) in [6, 6.07) is 40.0. The lowest BCUT2D eigenvalue weighted by Gasteiger charge is -2.27. The summed E-state index contributed by atoms with van der Waals surface area (Å²) < 4.78 is 11.2. The van der Waals surface area contributed by atoms with Gasteiger partial charge in [0.25, 0.3) is 0 Å². The van der Waals surface area contributed by atoms with Crippen LogP contribution in [0.15, 0.2) is 214 Å². The van der Waals surface area contributed by atoms with Crippen molar-refractivity contribution in [1.82, 2.24) is 78.1 Å². The number of nitrogen functional groups attached to an aromatic ring is 4. The van der Waals surface area contributed by atoms with Crippen LogP contribution in [-0.2, 0) is 0 Å². The first-order chi connectivity index (χ1) is 63.4. The van der Waals surface area contributed by atoms with E-state index < -0.39 is 59.7 Å². The molecule has 20 atom stereocenters. The minimum atomic E-state index is -0.880. The molecule has 34 heteroatoms. The first-order valence-electron chi connectivity index (χ1n) is 44.1. The van der Waals surface area contributed by atoms with Gasteiger partial charge in [-0.15, -0.1) is 0 Å². The van der Waals surface area contributed by atoms with Gasteiger partial charge in [-0.25, -0.2) is 59.8 Å². The number of thioether (sulfide) groups is 2. The van der Waals surface area contributed by atoms with E-state index in [1.54, 1.807) is 25.3 Å². The highest BCUT2D eigenvalue weighted by Crippen LogP contribution is 2.63. The molecule has 16 aromatic rings. The van der Waals surface area contributed by atoms with Crippen LogP contribution in [0.3, 0.4) is 0 Å². The van der Waals surface area contributed by atoms with Gasteiger partial charge in [-0.2, -0.15) is 23.5 Å². The summed E-state index contributed by atoms with van der Waals surface area (Å²) in [7, 11) is 0. The van der Waals surface area contributed by atoms with E-state index in [4.69, 9.17) is 22.9 Å². The van der Waals surface area contributed by atoms with Gasteiger partial charge in [-0.3, -0.25) is 0 Å². The number of rotatable bonds is 8. The molecule has 12 aromatic heterocycles. The molecule has 132 heavy (non-hydrogen) atoms. The second-order valence-electron chi connectivity index (χ2n) is 37.3. The topological polar surface area (TPSA) is 440 Å². The average molecular weight is 2070 g/mol. The molecule has 2 saturated heterocycles. The lowest BCUT2D eigenvalue weighted by atomic mass is 9.80. The highest BCUT2D eigenvalue weighted by molar-refractivity contribution is 9.11. The fraction of sp³-hybridized carbons (Fsp3) is 0.347. The molecule has 0 bridgehead atoms. The van der Waals surface area contributed by atoms with Crippen molar-refractivity contribution in [3.05, 3.63) is 259 Å². The summed E-state index contributed by atoms with van der Waals surface area (Å²) >= 11 is 17.4. The zero-order valence-electron chi connectivity index (χ0n) is 72.2. The van der Waals surface area contributed by atoms with Crippen LogP contribution >= 0.6 is 87.2 Å². The molecule has 0 amide bonds. The van der Waals surface area contributed by atoms with E-state index in [9.17, 15) is 40.9 Å². The number of hydrogen-bond acceptors (Lipinski definition) is 26. The van der Waals surface area contributed by atoms with Crippen LogP contribution < -0.4 is 22.9 Å². The summed E-state index contributed by atoms with van der Waals surface area (Å²) in [5.74, 6) is 3.75. The van der Waals surface area contributed by atoms with Crippen molar-refractivity contribution in [3.63, 3.8) is 0 Å². The van der Waals surface area contributed by atoms with Gasteiger partial charge < -0.3 is 82.1 Å². The normalized spacial score (nSPS) is 29.3. The number of halogens is 4. The smallest absolute Gasteiger partial charge is 0.143 e. The number of anilines is 4. The Balaban J connectivity index is 0.000000106. The van der Waals surface area contributed by atoms with Gasteiger partial charge in [-0.05, 0) is 238 Å². The Kier molecular flexibility index (Phi) is 22.9. The van der Waals surface area contributed by atoms with Crippen molar-refractivity contribution in [2.45, 2.75) is 174 Å². The third kappa shape index (κ3) is 15.2. The summed E-state index contributed by atoms with van der Waals surface area (Å²) in [4.78, 5) is 52.9. The van der Waals surface area contributed by atoms with Crippen molar-refractivity contribution >= 4 is 198 Å². The van der Waals surface area contributed by atoms with Gasteiger partial charge in [0, 0.05) is 123 Å². The number of aromatic nitrogens is 16. The highest BCUT2D eigenvalue weighted by atomic mass is 79.9. The van der Waals surface area contributed by atoms with Gasteiger partial charge in [-0.1, -0.05) is 72.8 Å². The van der Waals surface area contributed by atoms with Crippen molar-refractivity contribution in [1.29, 1.82) is 0 Å². The van der Waals surface area contributed by atoms with E-state index in [2.05, 4.69) is 221 Å². The zero-order valence-corrected chi connectivity index (χ0v) is 80.1. The maximum Gasteiger partial charge on any atom is 0.143 e. The highest BCUT2D eigenvalue weighted by Gasteiger charge is 2.60. The number of aliphatic hydroxyl groups is 8. The van der Waals surface area contributed by atoms with Crippen LogP contribution in [0, 0.1) is 49.4 Å². The maximum atomic E-state index is 11.2. The Hall–Kier alpha value is -10.0. The lowest BCUT2D eigenvalue weighted by molar-refractivity contribution is -0.0204. The predicted molar refractivity (Wildman–Crippen MR) is 530 cm³/mol. The molecule has 4 aromatic carbocycles. The van der Waals surface area contributed by atoms with Crippen LogP contribution in [0.2, 0.25) is 0 Å². The fourth-order valence-corrected chi connectivity index (χ4v) is 27.2. The Morgan fingerprint density at radius 3 is 0.902 bits per heavy atom. The Morgan fingerprint density at radius 1 is 0.326 bits per heavy atom. The molecule has 8 aliphatic rings. The second-order valence-corrected chi connectivity index (χ2v) is 43.1. The zero-order chi connectivity index (χ0) is 91.6. The summed E-state index contributed by atoms with van der Waals surface area (Å²) in [5.41, 5.74) is 37.2. The molecule has 24 rings (SSSR count). The van der Waals surface area contributed by atoms with Gasteiger partial charge >= 0.3 is 0 Å². The van der Waals surface area contributed by atoms with Crippen LogP contribution in [-0.4, -0.2) is 179 Å². The van der Waals surface area contributed by atoms with Crippen LogP contribution in [0.4, 0.5) is 23.3 Å². The quantitative estimate of drug-likeness (QED) is 0.0629. The number of aryl methyl sites for hydroxylation is 4. The Morgan fingerprint density at radius 2 is 0.598 bits per heavy atom. The number of hydrogen-bond donors (Lipinski definition) is 12. The number of nitrogens with two attached hydrogens (primary N) is 4. The van der Waals surface area contributed by atoms with Crippen molar-refractivity contribution in [2.75, 3.05) is 34.4 Å². The Bertz CT molecular complexity index is 6940. The van der Waals surface area contributed by atoms with Crippen LogP contribution in [0.25, 0.3) is 87.7 Å². The number of fused-ring (bicyclic) bond motifs is 8. The van der Waals surface area contributed by atoms with Crippen molar-refractivity contribution in [3.8, 4) is 0 Å². The minimum Gasteiger partial charge on any atom is -0.390 e. The SMILES string of the molecule is Cc1ncnc2c1ccn2[C@@H]1C[C@@]2(C=C[C@@H](c3ccc4cc(Br)c(N)nc4c3)C2)[C@@H](O)[C@H]1O.Cc1ncnc2c1ccn2[C@@H]1C[C@@]2(C=C[C@H](c3ccc4cc(Br)c(N)nc4c3)C2)[C@@H](O)[C@H]1O.Cc1ncnc2c1ccn2[C@@H]1C[C@@]2(CS[C@@H](c3ccc4cc(Br)c(N)nc4c3)C2)[C@@H](O)[C@H]1O.Cc1ncnc2c1ccn2[C@@H]1C[C@@]2(CS[C@H](c3ccc4cc(Br)c(N)nc4c3)C2)[C@@H](O)[C@H]1O. The van der Waals surface area contributed by atoms with Crippen molar-refractivity contribution < 1.29 is 40.9 Å². The van der Waals surface area contributed by atoms with E-state index in [0.717, 1.165) is 177 Å². The first kappa shape index (κ1) is 88.6. The Labute approximate surface area is 799 Å². The van der Waals surface area contributed by atoms with E-state index in [0.29, 0.717) is 49.0 Å². The molecule has 2 aliphatic heterocycles. The van der Waals surface area contributed by atoms with E-state index >= 15 is 0 Å². The molecule has 4 spiro atoms. The number of allylic oxidation sites excluding steroid dienone is 2. The molecule has 0 radical (unpaired) electrons. The maximum absolute atomic E-state index is 11.2. The molecular formula is C98H96Br4N20O8S2. The number of benzene rings is 4. The largest absolute Gasteiger partial charge is 0.390 e. The third-order valence-electron chi connectivity index (χ3n) is 29.7. The first-order valence-corrected chi connectivity index (χ1v) is 49.3. The third-order valence-corrected chi connectivity index (χ3v) is 35.4. The second kappa shape index (κ2) is 34.1. The summed E-state index contributed by atoms with van der Waals surface area (Å²) in [6.45, 7) is 7.81. The van der Waals surface area contributed by atoms with Crippen molar-refractivity contribution in [2.24, 2.45) is 21.7 Å². The minimum absolute atomic E-state index is 0.132. The molecule has 14 heterocycles. The van der Waals surface area contributed by atoms with Crippen LogP contribution in [0.5, 0.6) is 0 Å². The van der Waals surface area contributed by atoms with Gasteiger partial charge in [0.15, 0.2) is 0 Å². The average Bonchev–Trinajstić information content (AvgIpc) is 1.59. The van der Waals surface area contributed by atoms with E-state index in [-0.39, 0.29) is 57.3 Å². The summed E-state index contributed by atoms with van der Waals surface area (Å²) in [5, 5.41) is 97.5. The van der Waals surface area contributed by atoms with Gasteiger partial charge in [0.05, 0.1) is 111 Å². The molecule has 16 N–H and O–H groups in total. The number of pyridine rings is 4. The number of nitrogens with zero attached hydrogens (tertiary/aromatic N) is 16. The monoisotopic (exact) mass is 2060 g/mol. The molecule has 676 valence electrons. The predicted octanol–water partition coefficient (Wildman–Crippen LogP) is 16.4. The van der Waals surface area contributed by atoms with Gasteiger partial charge in [0.1, 0.15) is 95.6 Å². The molecule has 6 fully saturated rings.